The number of rotatable bonds is 10. The second-order valence-corrected chi connectivity index (χ2v) is 8.32. The van der Waals surface area contributed by atoms with Crippen molar-refractivity contribution in [3.05, 3.63) is 75.2 Å². The molecule has 1 amide bonds. The van der Waals surface area contributed by atoms with E-state index in [9.17, 15) is 14.9 Å². The van der Waals surface area contributed by atoms with Gasteiger partial charge >= 0.3 is 0 Å². The third-order valence-corrected chi connectivity index (χ3v) is 5.31. The van der Waals surface area contributed by atoms with Crippen LogP contribution in [0.3, 0.4) is 0 Å². The molecule has 0 bridgehead atoms. The summed E-state index contributed by atoms with van der Waals surface area (Å²) in [5.41, 5.74) is 1.72. The zero-order chi connectivity index (χ0) is 25.4. The average Bonchev–Trinajstić information content (AvgIpc) is 2.84. The molecule has 3 aromatic rings. The van der Waals surface area contributed by atoms with E-state index in [1.807, 2.05) is 45.0 Å². The Balaban J connectivity index is 1.97. The fraction of sp³-hybridized carbons (Fsp3) is 0.333. The van der Waals surface area contributed by atoms with Crippen LogP contribution in [0.1, 0.15) is 43.9 Å². The number of pyridine rings is 1. The van der Waals surface area contributed by atoms with Gasteiger partial charge < -0.3 is 14.8 Å². The van der Waals surface area contributed by atoms with Crippen LogP contribution >= 0.6 is 0 Å². The number of nitrogens with one attached hydrogen (secondary N) is 1. The number of amides is 1. The largest absolute Gasteiger partial charge is 0.438 e. The Hall–Kier alpha value is -3.96. The van der Waals surface area contributed by atoms with Crippen molar-refractivity contribution in [3.8, 4) is 17.7 Å². The zero-order valence-corrected chi connectivity index (χ0v) is 20.5. The smallest absolute Gasteiger partial charge is 0.269 e. The molecule has 0 spiro atoms. The maximum Gasteiger partial charge on any atom is 0.269 e. The Morgan fingerprint density at radius 1 is 1.26 bits per heavy atom. The van der Waals surface area contributed by atoms with Gasteiger partial charge in [0.05, 0.1) is 6.10 Å². The molecule has 2 heterocycles. The molecule has 0 fully saturated rings. The van der Waals surface area contributed by atoms with E-state index in [0.717, 1.165) is 17.5 Å². The molecule has 0 aliphatic carbocycles. The van der Waals surface area contributed by atoms with Crippen molar-refractivity contribution in [2.45, 2.75) is 46.6 Å². The maximum absolute atomic E-state index is 13.4. The maximum atomic E-state index is 13.4. The number of carbonyl (C=O) groups is 1. The third kappa shape index (κ3) is 6.55. The lowest BCUT2D eigenvalue weighted by Crippen LogP contribution is -2.27. The number of hydrogen-bond acceptors (Lipinski definition) is 6. The van der Waals surface area contributed by atoms with Crippen LogP contribution in [0.5, 0.6) is 11.6 Å². The monoisotopic (exact) mass is 474 g/mol. The van der Waals surface area contributed by atoms with Crippen LogP contribution in [0.4, 0.5) is 0 Å². The zero-order valence-electron chi connectivity index (χ0n) is 20.5. The first-order valence-corrected chi connectivity index (χ1v) is 11.6. The molecule has 0 atom stereocenters. The van der Waals surface area contributed by atoms with Gasteiger partial charge in [-0.1, -0.05) is 25.1 Å². The van der Waals surface area contributed by atoms with Crippen molar-refractivity contribution < 1.29 is 14.3 Å². The van der Waals surface area contributed by atoms with Crippen LogP contribution in [-0.4, -0.2) is 34.5 Å². The first-order chi connectivity index (χ1) is 16.8. The summed E-state index contributed by atoms with van der Waals surface area (Å²) in [5, 5.41) is 12.3. The Kier molecular flexibility index (Phi) is 8.76. The Labute approximate surface area is 204 Å². The van der Waals surface area contributed by atoms with Crippen LogP contribution in [0.2, 0.25) is 0 Å². The number of fused-ring (bicyclic) bond motifs is 1. The number of nitriles is 1. The summed E-state index contributed by atoms with van der Waals surface area (Å²) in [4.78, 5) is 30.6. The minimum absolute atomic E-state index is 0.0162. The summed E-state index contributed by atoms with van der Waals surface area (Å²) >= 11 is 0. The molecular formula is C27H30N4O4. The highest BCUT2D eigenvalue weighted by molar-refractivity contribution is 6.01. The fourth-order valence-corrected chi connectivity index (χ4v) is 3.38. The van der Waals surface area contributed by atoms with Gasteiger partial charge in [-0.2, -0.15) is 10.2 Å². The number of ether oxygens (including phenoxy) is 2. The van der Waals surface area contributed by atoms with Crippen molar-refractivity contribution >= 4 is 17.6 Å². The first kappa shape index (κ1) is 25.7. The molecule has 35 heavy (non-hydrogen) atoms. The van der Waals surface area contributed by atoms with Crippen LogP contribution in [0.25, 0.3) is 11.7 Å². The lowest BCUT2D eigenvalue weighted by atomic mass is 10.1. The predicted octanol–water partition coefficient (Wildman–Crippen LogP) is 4.20. The number of aromatic nitrogens is 2. The molecule has 0 radical (unpaired) electrons. The molecule has 0 aliphatic rings. The number of benzene rings is 1. The van der Waals surface area contributed by atoms with E-state index in [1.54, 1.807) is 24.4 Å². The average molecular weight is 475 g/mol. The number of nitrogens with zero attached hydrogens (tertiary/aromatic N) is 3. The summed E-state index contributed by atoms with van der Waals surface area (Å²) in [7, 11) is 0. The highest BCUT2D eigenvalue weighted by Gasteiger charge is 2.18. The molecule has 182 valence electrons. The molecule has 8 nitrogen and oxygen atoms in total. The summed E-state index contributed by atoms with van der Waals surface area (Å²) < 4.78 is 12.8. The predicted molar refractivity (Wildman–Crippen MR) is 134 cm³/mol. The lowest BCUT2D eigenvalue weighted by molar-refractivity contribution is -0.117. The van der Waals surface area contributed by atoms with Gasteiger partial charge in [-0.3, -0.25) is 14.0 Å². The van der Waals surface area contributed by atoms with Crippen LogP contribution in [0, 0.1) is 18.3 Å². The summed E-state index contributed by atoms with van der Waals surface area (Å²) in [6.45, 7) is 8.60. The van der Waals surface area contributed by atoms with E-state index in [1.165, 1.54) is 10.5 Å². The molecule has 1 aromatic carbocycles. The van der Waals surface area contributed by atoms with Crippen molar-refractivity contribution in [2.24, 2.45) is 0 Å². The van der Waals surface area contributed by atoms with Crippen molar-refractivity contribution in [2.75, 3.05) is 13.2 Å². The quantitative estimate of drug-likeness (QED) is 0.268. The van der Waals surface area contributed by atoms with Crippen molar-refractivity contribution in [1.29, 1.82) is 5.26 Å². The third-order valence-electron chi connectivity index (χ3n) is 5.31. The minimum Gasteiger partial charge on any atom is -0.438 e. The first-order valence-electron chi connectivity index (χ1n) is 11.6. The Morgan fingerprint density at radius 3 is 2.66 bits per heavy atom. The Morgan fingerprint density at radius 2 is 2.00 bits per heavy atom. The molecule has 3 rings (SSSR count). The van der Waals surface area contributed by atoms with E-state index >= 15 is 0 Å². The van der Waals surface area contributed by atoms with E-state index in [0.29, 0.717) is 31.0 Å². The normalized spacial score (nSPS) is 11.5. The molecule has 0 unspecified atom stereocenters. The van der Waals surface area contributed by atoms with Gasteiger partial charge in [0, 0.05) is 19.3 Å². The lowest BCUT2D eigenvalue weighted by Gasteiger charge is -2.12. The van der Waals surface area contributed by atoms with Gasteiger partial charge in [0.15, 0.2) is 0 Å². The van der Waals surface area contributed by atoms with E-state index in [4.69, 9.17) is 9.47 Å². The van der Waals surface area contributed by atoms with E-state index in [-0.39, 0.29) is 23.1 Å². The summed E-state index contributed by atoms with van der Waals surface area (Å²) in [5.74, 6) is -0.0572. The second kappa shape index (κ2) is 12.0. The number of hydrogen-bond donors (Lipinski definition) is 1. The topological polar surface area (TPSA) is 106 Å². The molecule has 0 saturated heterocycles. The van der Waals surface area contributed by atoms with E-state index in [2.05, 4.69) is 17.2 Å². The Bertz CT molecular complexity index is 1320. The van der Waals surface area contributed by atoms with E-state index < -0.39 is 11.5 Å². The van der Waals surface area contributed by atoms with Crippen LogP contribution in [-0.2, 0) is 16.0 Å². The van der Waals surface area contributed by atoms with Gasteiger partial charge in [-0.25, -0.2) is 0 Å². The minimum atomic E-state index is -0.580. The molecule has 0 saturated carbocycles. The van der Waals surface area contributed by atoms with Crippen LogP contribution < -0.4 is 15.6 Å². The molecular weight excluding hydrogens is 444 g/mol. The molecule has 0 aliphatic heterocycles. The van der Waals surface area contributed by atoms with Crippen LogP contribution in [0.15, 0.2) is 53.0 Å². The van der Waals surface area contributed by atoms with Gasteiger partial charge in [-0.15, -0.1) is 0 Å². The van der Waals surface area contributed by atoms with Gasteiger partial charge in [0.2, 0.25) is 5.88 Å². The number of aryl methyl sites for hydroxylation is 2. The standard InChI is InChI=1S/C27H30N4O4/c1-5-20-9-11-22(12-10-20)35-26-23(27(33)31-14-6-8-19(4)24(31)30-26)16-21(17-28)25(32)29-13-7-15-34-18(2)3/h6,8-12,14,16,18H,5,7,13,15H2,1-4H3,(H,29,32)/b21-16+. The molecule has 8 heteroatoms. The highest BCUT2D eigenvalue weighted by Crippen LogP contribution is 2.25. The van der Waals surface area contributed by atoms with Gasteiger partial charge in [0.25, 0.3) is 11.5 Å². The van der Waals surface area contributed by atoms with Crippen molar-refractivity contribution in [3.63, 3.8) is 0 Å². The molecule has 1 N–H and O–H groups in total. The van der Waals surface area contributed by atoms with Gasteiger partial charge in [-0.05, 0) is 69.0 Å². The highest BCUT2D eigenvalue weighted by atomic mass is 16.5. The van der Waals surface area contributed by atoms with Crippen molar-refractivity contribution in [1.82, 2.24) is 14.7 Å². The molecule has 2 aromatic heterocycles. The SMILES string of the molecule is CCc1ccc(Oc2nc3c(C)cccn3c(=O)c2/C=C(\C#N)C(=O)NCCCOC(C)C)cc1. The van der Waals surface area contributed by atoms with Gasteiger partial charge in [0.1, 0.15) is 28.6 Å². The number of carbonyl (C=O) groups excluding carboxylic acids is 1. The fourth-order valence-electron chi connectivity index (χ4n) is 3.38. The summed E-state index contributed by atoms with van der Waals surface area (Å²) in [6, 6.07) is 12.9. The second-order valence-electron chi connectivity index (χ2n) is 8.32. The summed E-state index contributed by atoms with van der Waals surface area (Å²) in [6.07, 6.45) is 4.42.